The van der Waals surface area contributed by atoms with Gasteiger partial charge in [-0.25, -0.2) is 9.47 Å². The van der Waals surface area contributed by atoms with Crippen molar-refractivity contribution in [3.05, 3.63) is 12.3 Å². The Labute approximate surface area is 49.9 Å². The highest BCUT2D eigenvalue weighted by Gasteiger charge is 2.03. The van der Waals surface area contributed by atoms with Gasteiger partial charge >= 0.3 is 0 Å². The number of aromatic amines is 1. The number of nitrogens with one attached hydrogen (secondary N) is 1. The number of hydrogen-bond acceptors (Lipinski definition) is 3. The van der Waals surface area contributed by atoms with Crippen molar-refractivity contribution in [1.29, 1.82) is 0 Å². The summed E-state index contributed by atoms with van der Waals surface area (Å²) in [7, 11) is 0. The van der Waals surface area contributed by atoms with Crippen molar-refractivity contribution < 1.29 is 0 Å². The SMILES string of the molecule is c1cc2n[nH]sc-2n1. The van der Waals surface area contributed by atoms with Gasteiger partial charge in [-0.3, -0.25) is 0 Å². The summed E-state index contributed by atoms with van der Waals surface area (Å²) in [5, 5.41) is 4.89. The van der Waals surface area contributed by atoms with Gasteiger partial charge in [-0.15, -0.1) is 0 Å². The van der Waals surface area contributed by atoms with Gasteiger partial charge in [0.25, 0.3) is 0 Å². The van der Waals surface area contributed by atoms with Crippen molar-refractivity contribution in [2.75, 3.05) is 0 Å². The molecular weight excluding hydrogens is 122 g/mol. The van der Waals surface area contributed by atoms with E-state index in [1.807, 2.05) is 6.07 Å². The van der Waals surface area contributed by atoms with Crippen molar-refractivity contribution in [3.8, 4) is 10.7 Å². The van der Waals surface area contributed by atoms with E-state index in [0.29, 0.717) is 0 Å². The predicted molar refractivity (Wildman–Crippen MR) is 30.9 cm³/mol. The van der Waals surface area contributed by atoms with Gasteiger partial charge in [0.1, 0.15) is 5.69 Å². The minimum absolute atomic E-state index is 0.954. The molecule has 0 aromatic rings. The monoisotopic (exact) mass is 125 g/mol. The Hall–Kier alpha value is -0.900. The zero-order valence-electron chi connectivity index (χ0n) is 3.96. The lowest BCUT2D eigenvalue weighted by molar-refractivity contribution is 1.17. The molecule has 0 aromatic heterocycles. The number of aromatic nitrogens is 3. The zero-order chi connectivity index (χ0) is 5.40. The first-order chi connectivity index (χ1) is 3.97. The molecule has 4 heteroatoms. The number of H-pyrrole nitrogens is 1. The van der Waals surface area contributed by atoms with E-state index in [9.17, 15) is 0 Å². The average Bonchev–Trinajstić information content (AvgIpc) is 2.15. The fourth-order valence-corrected chi connectivity index (χ4v) is 1.15. The lowest BCUT2D eigenvalue weighted by Gasteiger charge is -1.70. The molecule has 0 bridgehead atoms. The Bertz CT molecular complexity index is 203. The molecule has 40 valence electrons. The van der Waals surface area contributed by atoms with Crippen molar-refractivity contribution >= 4 is 11.5 Å². The van der Waals surface area contributed by atoms with E-state index < -0.39 is 0 Å². The molecule has 0 fully saturated rings. The highest BCUT2D eigenvalue weighted by atomic mass is 32.1. The molecule has 0 aliphatic carbocycles. The van der Waals surface area contributed by atoms with E-state index in [0.717, 1.165) is 10.7 Å². The van der Waals surface area contributed by atoms with Gasteiger partial charge < -0.3 is 0 Å². The van der Waals surface area contributed by atoms with E-state index in [1.54, 1.807) is 6.20 Å². The van der Waals surface area contributed by atoms with Crippen LogP contribution in [0.1, 0.15) is 0 Å². The summed E-state index contributed by atoms with van der Waals surface area (Å²) in [5.74, 6) is 0. The van der Waals surface area contributed by atoms with E-state index in [2.05, 4.69) is 14.6 Å². The third kappa shape index (κ3) is 0.376. The van der Waals surface area contributed by atoms with Crippen LogP contribution in [-0.2, 0) is 0 Å². The van der Waals surface area contributed by atoms with Crippen LogP contribution < -0.4 is 0 Å². The molecule has 0 aromatic carbocycles. The van der Waals surface area contributed by atoms with E-state index >= 15 is 0 Å². The summed E-state index contributed by atoms with van der Waals surface area (Å²) >= 11 is 1.45. The summed E-state index contributed by atoms with van der Waals surface area (Å²) in [6.45, 7) is 0. The number of nitrogens with zero attached hydrogens (tertiary/aromatic N) is 2. The second kappa shape index (κ2) is 1.29. The summed E-state index contributed by atoms with van der Waals surface area (Å²) in [6.07, 6.45) is 1.75. The number of fused-ring (bicyclic) bond motifs is 1. The Balaban J connectivity index is 2.84. The first-order valence-corrected chi connectivity index (χ1v) is 3.03. The molecule has 0 amide bonds. The zero-order valence-corrected chi connectivity index (χ0v) is 4.77. The molecule has 2 aliphatic rings. The largest absolute Gasteiger partial charge is 0.242 e. The van der Waals surface area contributed by atoms with Gasteiger partial charge in [-0.05, 0) is 17.6 Å². The molecule has 0 unspecified atom stereocenters. The minimum atomic E-state index is 0.954. The smallest absolute Gasteiger partial charge is 0.161 e. The topological polar surface area (TPSA) is 41.6 Å². The second-order valence-electron chi connectivity index (χ2n) is 1.44. The van der Waals surface area contributed by atoms with Crippen LogP contribution in [0, 0.1) is 0 Å². The first-order valence-electron chi connectivity index (χ1n) is 2.21. The van der Waals surface area contributed by atoms with Gasteiger partial charge in [0, 0.05) is 6.20 Å². The van der Waals surface area contributed by atoms with Gasteiger partial charge in [-0.1, -0.05) is 0 Å². The molecule has 2 rings (SSSR count). The fraction of sp³-hybridized carbons (Fsp3) is 0. The maximum Gasteiger partial charge on any atom is 0.161 e. The van der Waals surface area contributed by atoms with E-state index in [4.69, 9.17) is 0 Å². The van der Waals surface area contributed by atoms with Crippen LogP contribution in [0.25, 0.3) is 10.7 Å². The van der Waals surface area contributed by atoms with Crippen LogP contribution in [0.4, 0.5) is 0 Å². The molecule has 1 N–H and O–H groups in total. The minimum Gasteiger partial charge on any atom is -0.242 e. The molecule has 0 saturated heterocycles. The van der Waals surface area contributed by atoms with Gasteiger partial charge in [0.2, 0.25) is 0 Å². The van der Waals surface area contributed by atoms with Crippen LogP contribution >= 0.6 is 11.5 Å². The lowest BCUT2D eigenvalue weighted by atomic mass is 10.5. The Morgan fingerprint density at radius 2 is 2.62 bits per heavy atom. The van der Waals surface area contributed by atoms with E-state index in [1.165, 1.54) is 11.5 Å². The maximum atomic E-state index is 4.00. The molecule has 0 saturated carbocycles. The molecule has 3 nitrogen and oxygen atoms in total. The van der Waals surface area contributed by atoms with Crippen LogP contribution in [0.15, 0.2) is 12.3 Å². The van der Waals surface area contributed by atoms with Crippen LogP contribution in [0.2, 0.25) is 0 Å². The molecule has 0 spiro atoms. The summed E-state index contributed by atoms with van der Waals surface area (Å²) in [5.41, 5.74) is 0.954. The van der Waals surface area contributed by atoms with Crippen molar-refractivity contribution in [3.63, 3.8) is 0 Å². The first kappa shape index (κ1) is 4.03. The standard InChI is InChI=1S/C4H3N3S/c1-2-5-4-3(1)6-7-8-4/h1-2,7H. The molecule has 0 radical (unpaired) electrons. The molecule has 2 heterocycles. The third-order valence-corrected chi connectivity index (χ3v) is 1.64. The van der Waals surface area contributed by atoms with Gasteiger partial charge in [-0.2, -0.15) is 5.10 Å². The van der Waals surface area contributed by atoms with Crippen LogP contribution in [-0.4, -0.2) is 14.6 Å². The molecule has 0 atom stereocenters. The van der Waals surface area contributed by atoms with E-state index in [-0.39, 0.29) is 0 Å². The highest BCUT2D eigenvalue weighted by molar-refractivity contribution is 7.09. The molecular formula is C4H3N3S. The Kier molecular flexibility index (Phi) is 0.648. The second-order valence-corrected chi connectivity index (χ2v) is 2.21. The quantitative estimate of drug-likeness (QED) is 0.570. The number of rotatable bonds is 0. The third-order valence-electron chi connectivity index (χ3n) is 0.952. The lowest BCUT2D eigenvalue weighted by Crippen LogP contribution is -1.64. The molecule has 8 heavy (non-hydrogen) atoms. The highest BCUT2D eigenvalue weighted by Crippen LogP contribution is 2.18. The Morgan fingerprint density at radius 3 is 3.50 bits per heavy atom. The summed E-state index contributed by atoms with van der Waals surface area (Å²) < 4.78 is 2.75. The molecule has 2 aliphatic heterocycles. The van der Waals surface area contributed by atoms with Crippen molar-refractivity contribution in [2.45, 2.75) is 0 Å². The van der Waals surface area contributed by atoms with Crippen molar-refractivity contribution in [2.24, 2.45) is 0 Å². The van der Waals surface area contributed by atoms with Gasteiger partial charge in [0.05, 0.1) is 0 Å². The van der Waals surface area contributed by atoms with Crippen molar-refractivity contribution in [1.82, 2.24) is 14.6 Å². The predicted octanol–water partition coefficient (Wildman–Crippen LogP) is 0.971. The maximum absolute atomic E-state index is 4.00. The number of hydrogen-bond donors (Lipinski definition) is 1. The summed E-state index contributed by atoms with van der Waals surface area (Å²) in [6, 6.07) is 1.88. The van der Waals surface area contributed by atoms with Crippen LogP contribution in [0.3, 0.4) is 0 Å². The summed E-state index contributed by atoms with van der Waals surface area (Å²) in [4.78, 5) is 4.00. The van der Waals surface area contributed by atoms with Gasteiger partial charge in [0.15, 0.2) is 5.01 Å². The fourth-order valence-electron chi connectivity index (χ4n) is 0.592. The normalized spacial score (nSPS) is 10.5. The van der Waals surface area contributed by atoms with Crippen LogP contribution in [0.5, 0.6) is 0 Å². The average molecular weight is 125 g/mol. The Morgan fingerprint density at radius 1 is 1.62 bits per heavy atom.